The maximum atomic E-state index is 12.4. The number of benzene rings is 1. The molecule has 2 N–H and O–H groups in total. The first-order chi connectivity index (χ1) is 10.5. The van der Waals surface area contributed by atoms with E-state index in [1.165, 1.54) is 0 Å². The predicted molar refractivity (Wildman–Crippen MR) is 89.6 cm³/mol. The minimum absolute atomic E-state index is 0.290. The molecule has 1 aromatic carbocycles. The van der Waals surface area contributed by atoms with Crippen LogP contribution in [0.15, 0.2) is 36.9 Å². The summed E-state index contributed by atoms with van der Waals surface area (Å²) in [5.41, 5.74) is 1.76. The van der Waals surface area contributed by atoms with Gasteiger partial charge in [-0.2, -0.15) is 0 Å². The average molecular weight is 317 g/mol. The Kier molecular flexibility index (Phi) is 5.12. The van der Waals surface area contributed by atoms with E-state index in [9.17, 15) is 4.79 Å². The first-order valence-electron chi connectivity index (χ1n) is 6.78. The van der Waals surface area contributed by atoms with Crippen LogP contribution < -0.4 is 10.6 Å². The lowest BCUT2D eigenvalue weighted by molar-refractivity contribution is 0.102. The summed E-state index contributed by atoms with van der Waals surface area (Å²) in [6.45, 7) is 7.78. The molecule has 2 rings (SSSR count). The molecule has 0 atom stereocenters. The maximum Gasteiger partial charge on any atom is 0.274 e. The van der Waals surface area contributed by atoms with Gasteiger partial charge in [0.05, 0.1) is 0 Å². The van der Waals surface area contributed by atoms with Crippen LogP contribution >= 0.6 is 11.6 Å². The van der Waals surface area contributed by atoms with Crippen molar-refractivity contribution >= 4 is 29.0 Å². The standard InChI is InChI=1S/C16H17ClN4O/c1-4-8-18-15-9-14(19-11(3)20-15)16(22)21-13-7-5-6-12(17)10(13)2/h4-7,9H,1,8H2,2-3H3,(H,21,22)(H,18,19,20). The molecule has 1 amide bonds. The molecule has 1 aromatic heterocycles. The Morgan fingerprint density at radius 2 is 2.14 bits per heavy atom. The van der Waals surface area contributed by atoms with Crippen molar-refractivity contribution in [1.82, 2.24) is 9.97 Å². The lowest BCUT2D eigenvalue weighted by Gasteiger charge is -2.10. The van der Waals surface area contributed by atoms with Crippen molar-refractivity contribution in [2.75, 3.05) is 17.2 Å². The molecule has 22 heavy (non-hydrogen) atoms. The highest BCUT2D eigenvalue weighted by Crippen LogP contribution is 2.23. The third-order valence-electron chi connectivity index (χ3n) is 3.01. The Labute approximate surface area is 134 Å². The van der Waals surface area contributed by atoms with E-state index in [-0.39, 0.29) is 5.91 Å². The number of carbonyl (C=O) groups excluding carboxylic acids is 1. The lowest BCUT2D eigenvalue weighted by Crippen LogP contribution is -2.16. The number of anilines is 2. The molecule has 0 saturated heterocycles. The maximum absolute atomic E-state index is 12.4. The zero-order chi connectivity index (χ0) is 16.1. The van der Waals surface area contributed by atoms with Crippen molar-refractivity contribution in [3.63, 3.8) is 0 Å². The van der Waals surface area contributed by atoms with Crippen LogP contribution in [0, 0.1) is 13.8 Å². The molecule has 114 valence electrons. The fraction of sp³-hybridized carbons (Fsp3) is 0.188. The molecule has 5 nitrogen and oxygen atoms in total. The molecule has 0 saturated carbocycles. The van der Waals surface area contributed by atoms with E-state index < -0.39 is 0 Å². The normalized spacial score (nSPS) is 10.1. The zero-order valence-corrected chi connectivity index (χ0v) is 13.2. The van der Waals surface area contributed by atoms with Gasteiger partial charge in [-0.25, -0.2) is 9.97 Å². The zero-order valence-electron chi connectivity index (χ0n) is 12.5. The van der Waals surface area contributed by atoms with E-state index in [0.717, 1.165) is 5.56 Å². The van der Waals surface area contributed by atoms with Crippen molar-refractivity contribution in [3.8, 4) is 0 Å². The van der Waals surface area contributed by atoms with Gasteiger partial charge in [-0.3, -0.25) is 4.79 Å². The van der Waals surface area contributed by atoms with Crippen LogP contribution in [0.3, 0.4) is 0 Å². The Bertz CT molecular complexity index is 715. The third kappa shape index (κ3) is 3.83. The molecule has 0 bridgehead atoms. The topological polar surface area (TPSA) is 66.9 Å². The number of hydrogen-bond acceptors (Lipinski definition) is 4. The Morgan fingerprint density at radius 1 is 1.36 bits per heavy atom. The van der Waals surface area contributed by atoms with Crippen molar-refractivity contribution < 1.29 is 4.79 Å². The van der Waals surface area contributed by atoms with Gasteiger partial charge >= 0.3 is 0 Å². The van der Waals surface area contributed by atoms with E-state index in [2.05, 4.69) is 27.2 Å². The number of hydrogen-bond donors (Lipinski definition) is 2. The van der Waals surface area contributed by atoms with Crippen LogP contribution in [-0.4, -0.2) is 22.4 Å². The van der Waals surface area contributed by atoms with Gasteiger partial charge in [-0.15, -0.1) is 6.58 Å². The van der Waals surface area contributed by atoms with E-state index in [0.29, 0.717) is 34.6 Å². The summed E-state index contributed by atoms with van der Waals surface area (Å²) in [5.74, 6) is 0.792. The van der Waals surface area contributed by atoms with Crippen LogP contribution in [0.4, 0.5) is 11.5 Å². The van der Waals surface area contributed by atoms with Crippen LogP contribution in [0.2, 0.25) is 5.02 Å². The van der Waals surface area contributed by atoms with Crippen molar-refractivity contribution in [2.24, 2.45) is 0 Å². The highest BCUT2D eigenvalue weighted by molar-refractivity contribution is 6.31. The van der Waals surface area contributed by atoms with Gasteiger partial charge in [0.15, 0.2) is 0 Å². The SMILES string of the molecule is C=CCNc1cc(C(=O)Nc2cccc(Cl)c2C)nc(C)n1. The number of aromatic nitrogens is 2. The first-order valence-corrected chi connectivity index (χ1v) is 7.16. The summed E-state index contributed by atoms with van der Waals surface area (Å²) < 4.78 is 0. The summed E-state index contributed by atoms with van der Waals surface area (Å²) in [7, 11) is 0. The summed E-state index contributed by atoms with van der Waals surface area (Å²) in [4.78, 5) is 20.8. The highest BCUT2D eigenvalue weighted by atomic mass is 35.5. The third-order valence-corrected chi connectivity index (χ3v) is 3.42. The van der Waals surface area contributed by atoms with E-state index in [1.807, 2.05) is 6.92 Å². The minimum atomic E-state index is -0.308. The lowest BCUT2D eigenvalue weighted by atomic mass is 10.2. The highest BCUT2D eigenvalue weighted by Gasteiger charge is 2.12. The number of halogens is 1. The van der Waals surface area contributed by atoms with Crippen LogP contribution in [-0.2, 0) is 0 Å². The number of nitrogens with zero attached hydrogens (tertiary/aromatic N) is 2. The number of rotatable bonds is 5. The van der Waals surface area contributed by atoms with Gasteiger partial charge in [0.1, 0.15) is 17.3 Å². The molecule has 0 spiro atoms. The second-order valence-electron chi connectivity index (χ2n) is 4.72. The predicted octanol–water partition coefficient (Wildman–Crippen LogP) is 3.60. The van der Waals surface area contributed by atoms with Gasteiger partial charge in [0.25, 0.3) is 5.91 Å². The Morgan fingerprint density at radius 3 is 2.86 bits per heavy atom. The van der Waals surface area contributed by atoms with Crippen LogP contribution in [0.25, 0.3) is 0 Å². The van der Waals surface area contributed by atoms with Crippen LogP contribution in [0.1, 0.15) is 21.9 Å². The summed E-state index contributed by atoms with van der Waals surface area (Å²) >= 11 is 6.05. The molecule has 0 radical (unpaired) electrons. The Balaban J connectivity index is 2.23. The minimum Gasteiger partial charge on any atom is -0.366 e. The van der Waals surface area contributed by atoms with E-state index >= 15 is 0 Å². The van der Waals surface area contributed by atoms with E-state index in [1.54, 1.807) is 37.3 Å². The Hall–Kier alpha value is -2.40. The first kappa shape index (κ1) is 16.0. The second kappa shape index (κ2) is 7.04. The molecular formula is C16H17ClN4O. The molecule has 2 aromatic rings. The van der Waals surface area contributed by atoms with Crippen LogP contribution in [0.5, 0.6) is 0 Å². The fourth-order valence-corrected chi connectivity index (χ4v) is 2.06. The molecule has 0 fully saturated rings. The van der Waals surface area contributed by atoms with Gasteiger partial charge in [-0.1, -0.05) is 23.7 Å². The molecule has 0 aliphatic rings. The second-order valence-corrected chi connectivity index (χ2v) is 5.13. The molecule has 1 heterocycles. The van der Waals surface area contributed by atoms with Gasteiger partial charge < -0.3 is 10.6 Å². The molecule has 0 aliphatic carbocycles. The summed E-state index contributed by atoms with van der Waals surface area (Å²) in [6.07, 6.45) is 1.71. The molecular weight excluding hydrogens is 300 g/mol. The molecule has 0 aliphatic heterocycles. The number of nitrogens with one attached hydrogen (secondary N) is 2. The largest absolute Gasteiger partial charge is 0.366 e. The monoisotopic (exact) mass is 316 g/mol. The number of amides is 1. The van der Waals surface area contributed by atoms with Crippen molar-refractivity contribution in [1.29, 1.82) is 0 Å². The quantitative estimate of drug-likeness (QED) is 0.827. The summed E-state index contributed by atoms with van der Waals surface area (Å²) in [5, 5.41) is 6.46. The smallest absolute Gasteiger partial charge is 0.274 e. The van der Waals surface area contributed by atoms with Crippen molar-refractivity contribution in [2.45, 2.75) is 13.8 Å². The van der Waals surface area contributed by atoms with Crippen molar-refractivity contribution in [3.05, 3.63) is 59.0 Å². The molecule has 0 unspecified atom stereocenters. The van der Waals surface area contributed by atoms with Gasteiger partial charge in [-0.05, 0) is 31.5 Å². The van der Waals surface area contributed by atoms with E-state index in [4.69, 9.17) is 11.6 Å². The summed E-state index contributed by atoms with van der Waals surface area (Å²) in [6, 6.07) is 6.96. The van der Waals surface area contributed by atoms with Gasteiger partial charge in [0.2, 0.25) is 0 Å². The molecule has 6 heteroatoms. The number of aryl methyl sites for hydroxylation is 1. The van der Waals surface area contributed by atoms with Gasteiger partial charge in [0, 0.05) is 23.3 Å². The number of carbonyl (C=O) groups is 1. The fourth-order valence-electron chi connectivity index (χ4n) is 1.88. The average Bonchev–Trinajstić information content (AvgIpc) is 2.49.